The summed E-state index contributed by atoms with van der Waals surface area (Å²) in [6.45, 7) is 4.93. The third-order valence-corrected chi connectivity index (χ3v) is 8.63. The predicted octanol–water partition coefficient (Wildman–Crippen LogP) is 3.54. The maximum Gasteiger partial charge on any atom is 0.243 e. The van der Waals surface area contributed by atoms with Crippen molar-refractivity contribution in [3.05, 3.63) is 64.2 Å². The number of pyridine rings is 1. The molecule has 1 saturated heterocycles. The van der Waals surface area contributed by atoms with Crippen molar-refractivity contribution in [1.82, 2.24) is 19.6 Å². The van der Waals surface area contributed by atoms with Crippen molar-refractivity contribution >= 4 is 27.3 Å². The Bertz CT molecular complexity index is 1200. The molecule has 2 aromatic heterocycles. The number of hydrogen-bond donors (Lipinski definition) is 1. The molecule has 168 valence electrons. The van der Waals surface area contributed by atoms with Gasteiger partial charge in [0.15, 0.2) is 0 Å². The fourth-order valence-corrected chi connectivity index (χ4v) is 6.03. The number of aromatic nitrogens is 2. The molecule has 3 aromatic rings. The molecule has 1 aromatic carbocycles. The van der Waals surface area contributed by atoms with Gasteiger partial charge in [-0.15, -0.1) is 11.3 Å². The molecule has 9 heteroatoms. The van der Waals surface area contributed by atoms with Gasteiger partial charge < -0.3 is 5.32 Å². The lowest BCUT2D eigenvalue weighted by Gasteiger charge is -2.30. The number of carbonyl (C=O) groups is 1. The first kappa shape index (κ1) is 22.6. The monoisotopic (exact) mass is 470 g/mol. The topological polar surface area (TPSA) is 92.3 Å². The van der Waals surface area contributed by atoms with E-state index in [2.05, 4.69) is 15.3 Å². The van der Waals surface area contributed by atoms with Gasteiger partial charge in [-0.25, -0.2) is 13.4 Å². The average molecular weight is 471 g/mol. The lowest BCUT2D eigenvalue weighted by molar-refractivity contribution is -0.126. The van der Waals surface area contributed by atoms with Crippen molar-refractivity contribution in [2.75, 3.05) is 13.1 Å². The highest BCUT2D eigenvalue weighted by molar-refractivity contribution is 7.89. The van der Waals surface area contributed by atoms with Crippen molar-refractivity contribution in [1.29, 1.82) is 0 Å². The smallest absolute Gasteiger partial charge is 0.243 e. The minimum absolute atomic E-state index is 0.0473. The van der Waals surface area contributed by atoms with Gasteiger partial charge in [0.05, 0.1) is 17.1 Å². The lowest BCUT2D eigenvalue weighted by atomic mass is 9.97. The van der Waals surface area contributed by atoms with Gasteiger partial charge in [0.1, 0.15) is 5.01 Å². The molecule has 7 nitrogen and oxygen atoms in total. The number of hydrogen-bond acceptors (Lipinski definition) is 6. The van der Waals surface area contributed by atoms with E-state index in [9.17, 15) is 13.2 Å². The van der Waals surface area contributed by atoms with Crippen LogP contribution in [0.1, 0.15) is 29.0 Å². The van der Waals surface area contributed by atoms with Crippen molar-refractivity contribution < 1.29 is 13.2 Å². The second kappa shape index (κ2) is 9.48. The van der Waals surface area contributed by atoms with E-state index < -0.39 is 10.0 Å². The Kier molecular flexibility index (Phi) is 6.68. The SMILES string of the molecule is Cc1ccc(S(=O)(=O)N2CCC(C(=O)NCc3nc(-c4ccncc4)cs3)CC2)cc1C. The third kappa shape index (κ3) is 4.90. The van der Waals surface area contributed by atoms with Gasteiger partial charge in [-0.2, -0.15) is 4.31 Å². The molecule has 1 amide bonds. The number of nitrogens with one attached hydrogen (secondary N) is 1. The van der Waals surface area contributed by atoms with E-state index in [4.69, 9.17) is 0 Å². The van der Waals surface area contributed by atoms with Gasteiger partial charge in [0, 0.05) is 42.3 Å². The molecule has 0 atom stereocenters. The van der Waals surface area contributed by atoms with E-state index in [1.165, 1.54) is 15.6 Å². The molecule has 0 spiro atoms. The Labute approximate surface area is 192 Å². The van der Waals surface area contributed by atoms with Gasteiger partial charge >= 0.3 is 0 Å². The van der Waals surface area contributed by atoms with Crippen molar-refractivity contribution in [3.8, 4) is 11.3 Å². The molecule has 0 bridgehead atoms. The lowest BCUT2D eigenvalue weighted by Crippen LogP contribution is -2.42. The van der Waals surface area contributed by atoms with Crippen molar-refractivity contribution in [3.63, 3.8) is 0 Å². The van der Waals surface area contributed by atoms with E-state index in [0.717, 1.165) is 27.4 Å². The molecule has 1 N–H and O–H groups in total. The summed E-state index contributed by atoms with van der Waals surface area (Å²) in [5.74, 6) is -0.241. The minimum atomic E-state index is -3.54. The average Bonchev–Trinajstić information content (AvgIpc) is 3.29. The normalized spacial score (nSPS) is 15.6. The van der Waals surface area contributed by atoms with Crippen LogP contribution < -0.4 is 5.32 Å². The Morgan fingerprint density at radius 2 is 1.84 bits per heavy atom. The molecule has 0 radical (unpaired) electrons. The van der Waals surface area contributed by atoms with Crippen LogP contribution in [0.4, 0.5) is 0 Å². The molecule has 1 aliphatic heterocycles. The molecule has 0 saturated carbocycles. The quantitative estimate of drug-likeness (QED) is 0.595. The summed E-state index contributed by atoms with van der Waals surface area (Å²) in [4.78, 5) is 21.6. The molecule has 4 rings (SSSR count). The third-order valence-electron chi connectivity index (χ3n) is 5.88. The molecule has 32 heavy (non-hydrogen) atoms. The summed E-state index contributed by atoms with van der Waals surface area (Å²) in [6.07, 6.45) is 4.47. The summed E-state index contributed by atoms with van der Waals surface area (Å²) in [7, 11) is -3.54. The van der Waals surface area contributed by atoms with E-state index in [1.807, 2.05) is 37.4 Å². The fraction of sp³-hybridized carbons (Fsp3) is 0.348. The summed E-state index contributed by atoms with van der Waals surface area (Å²) in [5, 5.41) is 5.76. The zero-order valence-electron chi connectivity index (χ0n) is 18.1. The molecular weight excluding hydrogens is 444 g/mol. The molecule has 3 heterocycles. The van der Waals surface area contributed by atoms with E-state index >= 15 is 0 Å². The fourth-order valence-electron chi connectivity index (χ4n) is 3.74. The van der Waals surface area contributed by atoms with Gasteiger partial charge in [0.25, 0.3) is 0 Å². The van der Waals surface area contributed by atoms with Crippen LogP contribution in [0.5, 0.6) is 0 Å². The van der Waals surface area contributed by atoms with Crippen LogP contribution in [0, 0.1) is 19.8 Å². The second-order valence-corrected chi connectivity index (χ2v) is 10.9. The standard InChI is InChI=1S/C23H26N4O3S2/c1-16-3-4-20(13-17(16)2)32(29,30)27-11-7-19(8-12-27)23(28)25-14-22-26-21(15-31-22)18-5-9-24-10-6-18/h3-6,9-10,13,15,19H,7-8,11-12,14H2,1-2H3,(H,25,28). The Hall–Kier alpha value is -2.62. The van der Waals surface area contributed by atoms with Gasteiger partial charge in [0.2, 0.25) is 15.9 Å². The first-order valence-electron chi connectivity index (χ1n) is 10.5. The first-order chi connectivity index (χ1) is 15.3. The zero-order chi connectivity index (χ0) is 22.7. The highest BCUT2D eigenvalue weighted by Crippen LogP contribution is 2.26. The highest BCUT2D eigenvalue weighted by Gasteiger charge is 2.32. The molecular formula is C23H26N4O3S2. The maximum atomic E-state index is 13.0. The van der Waals surface area contributed by atoms with Gasteiger partial charge in [-0.3, -0.25) is 9.78 Å². The summed E-state index contributed by atoms with van der Waals surface area (Å²) >= 11 is 1.50. The summed E-state index contributed by atoms with van der Waals surface area (Å²) < 4.78 is 27.4. The van der Waals surface area contributed by atoms with Crippen LogP contribution in [-0.2, 0) is 21.4 Å². The van der Waals surface area contributed by atoms with Gasteiger partial charge in [-0.1, -0.05) is 6.07 Å². The number of rotatable bonds is 6. The number of carbonyl (C=O) groups excluding carboxylic acids is 1. The van der Waals surface area contributed by atoms with Crippen LogP contribution in [0.3, 0.4) is 0 Å². The van der Waals surface area contributed by atoms with Crippen molar-refractivity contribution in [2.24, 2.45) is 5.92 Å². The zero-order valence-corrected chi connectivity index (χ0v) is 19.7. The van der Waals surface area contributed by atoms with Crippen LogP contribution in [-0.4, -0.2) is 41.7 Å². The van der Waals surface area contributed by atoms with Crippen LogP contribution >= 0.6 is 11.3 Å². The van der Waals surface area contributed by atoms with Crippen LogP contribution in [0.15, 0.2) is 53.0 Å². The largest absolute Gasteiger partial charge is 0.349 e. The number of piperidine rings is 1. The highest BCUT2D eigenvalue weighted by atomic mass is 32.2. The van der Waals surface area contributed by atoms with E-state index in [1.54, 1.807) is 24.5 Å². The number of aryl methyl sites for hydroxylation is 2. The van der Waals surface area contributed by atoms with E-state index in [0.29, 0.717) is 37.4 Å². The van der Waals surface area contributed by atoms with Crippen LogP contribution in [0.25, 0.3) is 11.3 Å². The molecule has 0 unspecified atom stereocenters. The molecule has 0 aliphatic carbocycles. The Morgan fingerprint density at radius 1 is 1.12 bits per heavy atom. The summed E-state index contributed by atoms with van der Waals surface area (Å²) in [5.41, 5.74) is 3.87. The number of sulfonamides is 1. The number of benzene rings is 1. The minimum Gasteiger partial charge on any atom is -0.349 e. The van der Waals surface area contributed by atoms with Crippen LogP contribution in [0.2, 0.25) is 0 Å². The Morgan fingerprint density at radius 3 is 2.53 bits per heavy atom. The molecule has 1 fully saturated rings. The maximum absolute atomic E-state index is 13.0. The van der Waals surface area contributed by atoms with Gasteiger partial charge in [-0.05, 0) is 62.1 Å². The number of nitrogens with zero attached hydrogens (tertiary/aromatic N) is 3. The second-order valence-electron chi connectivity index (χ2n) is 8.00. The number of thiazole rings is 1. The number of amides is 1. The molecule has 1 aliphatic rings. The van der Waals surface area contributed by atoms with E-state index in [-0.39, 0.29) is 11.8 Å². The summed E-state index contributed by atoms with van der Waals surface area (Å²) in [6, 6.07) is 9.01. The van der Waals surface area contributed by atoms with Crippen molar-refractivity contribution in [2.45, 2.75) is 38.1 Å². The Balaban J connectivity index is 1.31. The predicted molar refractivity (Wildman–Crippen MR) is 125 cm³/mol. The first-order valence-corrected chi connectivity index (χ1v) is 12.9.